The minimum Gasteiger partial charge on any atom is -0.444 e. The predicted molar refractivity (Wildman–Crippen MR) is 143 cm³/mol. The Kier molecular flexibility index (Phi) is 6.24. The molecule has 0 saturated carbocycles. The highest BCUT2D eigenvalue weighted by atomic mass is 19.1. The van der Waals surface area contributed by atoms with Crippen molar-refractivity contribution in [1.29, 1.82) is 0 Å². The molecule has 0 aliphatic carbocycles. The predicted octanol–water partition coefficient (Wildman–Crippen LogP) is 4.29. The number of rotatable bonds is 3. The molecule has 0 spiro atoms. The van der Waals surface area contributed by atoms with Crippen LogP contribution in [0.1, 0.15) is 42.5 Å². The summed E-state index contributed by atoms with van der Waals surface area (Å²) in [6, 6.07) is 4.91. The van der Waals surface area contributed by atoms with Gasteiger partial charge in [0.15, 0.2) is 11.5 Å². The van der Waals surface area contributed by atoms with E-state index in [1.54, 1.807) is 33.3 Å². The number of imidazole rings is 1. The topological polar surface area (TPSA) is 97.0 Å². The number of hydrogen-bond donors (Lipinski definition) is 1. The van der Waals surface area contributed by atoms with Gasteiger partial charge in [-0.15, -0.1) is 0 Å². The molecule has 5 rings (SSSR count). The van der Waals surface area contributed by atoms with Crippen LogP contribution in [0.15, 0.2) is 30.6 Å². The third kappa shape index (κ3) is 4.75. The maximum absolute atomic E-state index is 14.7. The van der Waals surface area contributed by atoms with Crippen LogP contribution in [0.5, 0.6) is 0 Å². The fourth-order valence-electron chi connectivity index (χ4n) is 4.72. The van der Waals surface area contributed by atoms with Gasteiger partial charge in [-0.1, -0.05) is 0 Å². The molecule has 3 aromatic heterocycles. The van der Waals surface area contributed by atoms with Crippen LogP contribution in [-0.4, -0.2) is 67.8 Å². The first kappa shape index (κ1) is 25.5. The summed E-state index contributed by atoms with van der Waals surface area (Å²) in [6.07, 6.45) is 3.23. The molecule has 1 fully saturated rings. The fraction of sp³-hybridized carbons (Fsp3) is 0.407. The van der Waals surface area contributed by atoms with Gasteiger partial charge in [-0.2, -0.15) is 5.10 Å². The number of pyridine rings is 1. The molecular weight excluding hydrogens is 489 g/mol. The van der Waals surface area contributed by atoms with Gasteiger partial charge in [-0.25, -0.2) is 14.2 Å². The van der Waals surface area contributed by atoms with Crippen molar-refractivity contribution < 1.29 is 18.7 Å². The van der Waals surface area contributed by atoms with E-state index in [2.05, 4.69) is 20.3 Å². The second kappa shape index (κ2) is 9.30. The number of amides is 2. The van der Waals surface area contributed by atoms with Gasteiger partial charge in [0.2, 0.25) is 0 Å². The first-order valence-electron chi connectivity index (χ1n) is 12.6. The highest BCUT2D eigenvalue weighted by molar-refractivity contribution is 6.13. The SMILES string of the molecule is Cc1nc2c(F)cc(NC(=O)c3ccc(N4CCN(C(=O)OC(C)(C)C)CC4)c4cn(C)nc34)cn2c1C. The Morgan fingerprint density at radius 1 is 1.08 bits per heavy atom. The van der Waals surface area contributed by atoms with Crippen LogP contribution >= 0.6 is 0 Å². The third-order valence-corrected chi connectivity index (χ3v) is 6.69. The Balaban J connectivity index is 1.38. The summed E-state index contributed by atoms with van der Waals surface area (Å²) in [5.74, 6) is -0.897. The van der Waals surface area contributed by atoms with Crippen LogP contribution in [0.4, 0.5) is 20.6 Å². The quantitative estimate of drug-likeness (QED) is 0.432. The van der Waals surface area contributed by atoms with E-state index in [-0.39, 0.29) is 17.6 Å². The first-order valence-corrected chi connectivity index (χ1v) is 12.6. The molecular formula is C27H32FN7O3. The summed E-state index contributed by atoms with van der Waals surface area (Å²) in [4.78, 5) is 33.9. The molecule has 1 aromatic carbocycles. The van der Waals surface area contributed by atoms with Gasteiger partial charge in [0, 0.05) is 68.5 Å². The lowest BCUT2D eigenvalue weighted by atomic mass is 10.1. The van der Waals surface area contributed by atoms with E-state index in [4.69, 9.17) is 4.74 Å². The Morgan fingerprint density at radius 3 is 2.47 bits per heavy atom. The second-order valence-corrected chi connectivity index (χ2v) is 10.7. The Labute approximate surface area is 220 Å². The number of ether oxygens (including phenoxy) is 1. The number of nitrogens with one attached hydrogen (secondary N) is 1. The molecule has 10 nitrogen and oxygen atoms in total. The lowest BCUT2D eigenvalue weighted by Crippen LogP contribution is -2.50. The van der Waals surface area contributed by atoms with Gasteiger partial charge < -0.3 is 19.9 Å². The zero-order chi connectivity index (χ0) is 27.4. The lowest BCUT2D eigenvalue weighted by molar-refractivity contribution is 0.0240. The molecule has 0 unspecified atom stereocenters. The maximum atomic E-state index is 14.7. The summed E-state index contributed by atoms with van der Waals surface area (Å²) >= 11 is 0. The fourth-order valence-corrected chi connectivity index (χ4v) is 4.72. The molecule has 1 saturated heterocycles. The van der Waals surface area contributed by atoms with Crippen molar-refractivity contribution in [3.05, 3.63) is 53.4 Å². The Hall–Kier alpha value is -4.15. The lowest BCUT2D eigenvalue weighted by Gasteiger charge is -2.37. The molecule has 0 atom stereocenters. The molecule has 1 N–H and O–H groups in total. The maximum Gasteiger partial charge on any atom is 0.410 e. The van der Waals surface area contributed by atoms with Gasteiger partial charge in [0.1, 0.15) is 11.1 Å². The number of aryl methyl sites for hydroxylation is 3. The summed E-state index contributed by atoms with van der Waals surface area (Å²) in [5, 5.41) is 8.20. The number of piperazine rings is 1. The van der Waals surface area contributed by atoms with E-state index in [9.17, 15) is 14.0 Å². The van der Waals surface area contributed by atoms with Crippen molar-refractivity contribution in [3.63, 3.8) is 0 Å². The second-order valence-electron chi connectivity index (χ2n) is 10.7. The molecule has 4 aromatic rings. The van der Waals surface area contributed by atoms with Crippen LogP contribution in [0.2, 0.25) is 0 Å². The van der Waals surface area contributed by atoms with Crippen LogP contribution in [0.3, 0.4) is 0 Å². The van der Waals surface area contributed by atoms with Crippen molar-refractivity contribution in [2.24, 2.45) is 7.05 Å². The van der Waals surface area contributed by atoms with Crippen molar-refractivity contribution in [2.75, 3.05) is 36.4 Å². The zero-order valence-electron chi connectivity index (χ0n) is 22.5. The molecule has 38 heavy (non-hydrogen) atoms. The molecule has 200 valence electrons. The molecule has 4 heterocycles. The van der Waals surface area contributed by atoms with Crippen LogP contribution in [0, 0.1) is 19.7 Å². The smallest absolute Gasteiger partial charge is 0.410 e. The van der Waals surface area contributed by atoms with E-state index >= 15 is 0 Å². The van der Waals surface area contributed by atoms with Crippen molar-refractivity contribution in [2.45, 2.75) is 40.2 Å². The van der Waals surface area contributed by atoms with E-state index in [0.717, 1.165) is 22.5 Å². The summed E-state index contributed by atoms with van der Waals surface area (Å²) in [5.41, 5.74) is 3.41. The van der Waals surface area contributed by atoms with Gasteiger partial charge in [-0.3, -0.25) is 13.9 Å². The highest BCUT2D eigenvalue weighted by Gasteiger charge is 2.27. The molecule has 0 radical (unpaired) electrons. The number of aromatic nitrogens is 4. The summed E-state index contributed by atoms with van der Waals surface area (Å²) in [6.45, 7) is 11.5. The summed E-state index contributed by atoms with van der Waals surface area (Å²) in [7, 11) is 1.80. The van der Waals surface area contributed by atoms with Crippen molar-refractivity contribution >= 4 is 39.9 Å². The molecule has 0 bridgehead atoms. The Morgan fingerprint density at radius 2 is 1.79 bits per heavy atom. The van der Waals surface area contributed by atoms with Crippen LogP contribution in [0.25, 0.3) is 16.6 Å². The number of carbonyl (C=O) groups is 2. The zero-order valence-corrected chi connectivity index (χ0v) is 22.5. The van der Waals surface area contributed by atoms with Crippen molar-refractivity contribution in [1.82, 2.24) is 24.1 Å². The average molecular weight is 522 g/mol. The van der Waals surface area contributed by atoms with Gasteiger partial charge >= 0.3 is 6.09 Å². The van der Waals surface area contributed by atoms with E-state index < -0.39 is 11.4 Å². The van der Waals surface area contributed by atoms with Crippen LogP contribution < -0.4 is 10.2 Å². The number of nitrogens with zero attached hydrogens (tertiary/aromatic N) is 6. The minimum atomic E-state index is -0.541. The van der Waals surface area contributed by atoms with E-state index in [1.807, 2.05) is 46.9 Å². The van der Waals surface area contributed by atoms with Crippen LogP contribution in [-0.2, 0) is 11.8 Å². The minimum absolute atomic E-state index is 0.223. The van der Waals surface area contributed by atoms with Gasteiger partial charge in [-0.05, 0) is 46.8 Å². The Bertz CT molecular complexity index is 1560. The molecule has 1 aliphatic heterocycles. The highest BCUT2D eigenvalue weighted by Crippen LogP contribution is 2.30. The number of anilines is 2. The average Bonchev–Trinajstić information content (AvgIpc) is 3.37. The normalized spacial score (nSPS) is 14.4. The number of halogens is 1. The standard InChI is InChI=1S/C27H32FN7O3/c1-16-17(2)35-14-18(13-21(28)24(35)29-16)30-25(36)19-7-8-22(20-15-32(6)31-23(19)20)33-9-11-34(12-10-33)26(37)38-27(3,4)5/h7-8,13-15H,9-12H2,1-6H3,(H,30,36). The third-order valence-electron chi connectivity index (χ3n) is 6.69. The first-order chi connectivity index (χ1) is 17.9. The molecule has 2 amide bonds. The van der Waals surface area contributed by atoms with Crippen molar-refractivity contribution in [3.8, 4) is 0 Å². The molecule has 11 heteroatoms. The van der Waals surface area contributed by atoms with Gasteiger partial charge in [0.25, 0.3) is 5.91 Å². The van der Waals surface area contributed by atoms with E-state index in [0.29, 0.717) is 42.9 Å². The molecule has 1 aliphatic rings. The van der Waals surface area contributed by atoms with Gasteiger partial charge in [0.05, 0.1) is 16.9 Å². The number of carbonyl (C=O) groups excluding carboxylic acids is 2. The number of hydrogen-bond acceptors (Lipinski definition) is 6. The summed E-state index contributed by atoms with van der Waals surface area (Å²) < 4.78 is 23.5. The van der Waals surface area contributed by atoms with E-state index in [1.165, 1.54) is 6.07 Å². The monoisotopic (exact) mass is 521 g/mol. The largest absolute Gasteiger partial charge is 0.444 e. The number of benzene rings is 1. The number of fused-ring (bicyclic) bond motifs is 2.